The third kappa shape index (κ3) is 4.73. The fourth-order valence-corrected chi connectivity index (χ4v) is 1.46. The molecule has 0 saturated carbocycles. The van der Waals surface area contributed by atoms with E-state index < -0.39 is 6.10 Å². The molecule has 0 aliphatic heterocycles. The Hall–Kier alpha value is -1.10. The van der Waals surface area contributed by atoms with Crippen molar-refractivity contribution in [3.8, 4) is 5.75 Å². The Labute approximate surface area is 102 Å². The molecule has 0 aromatic heterocycles. The summed E-state index contributed by atoms with van der Waals surface area (Å²) >= 11 is 0. The Morgan fingerprint density at radius 1 is 1.29 bits per heavy atom. The van der Waals surface area contributed by atoms with Gasteiger partial charge in [0.1, 0.15) is 18.5 Å². The molecule has 0 heterocycles. The van der Waals surface area contributed by atoms with Gasteiger partial charge >= 0.3 is 0 Å². The van der Waals surface area contributed by atoms with E-state index >= 15 is 0 Å². The van der Waals surface area contributed by atoms with Gasteiger partial charge in [0, 0.05) is 12.2 Å². The molecule has 1 rings (SSSR count). The van der Waals surface area contributed by atoms with Crippen LogP contribution in [0.2, 0.25) is 0 Å². The van der Waals surface area contributed by atoms with Gasteiger partial charge in [-0.3, -0.25) is 0 Å². The zero-order valence-corrected chi connectivity index (χ0v) is 10.3. The lowest BCUT2D eigenvalue weighted by Gasteiger charge is -2.14. The lowest BCUT2D eigenvalue weighted by atomic mass is 10.1. The molecule has 1 aromatic carbocycles. The molecule has 1 unspecified atom stereocenters. The second kappa shape index (κ2) is 7.27. The number of rotatable bonds is 7. The molecule has 4 nitrogen and oxygen atoms in total. The van der Waals surface area contributed by atoms with E-state index in [1.54, 1.807) is 6.07 Å². The summed E-state index contributed by atoms with van der Waals surface area (Å²) in [5.74, 6) is 0.605. The molecule has 0 spiro atoms. The van der Waals surface area contributed by atoms with Crippen LogP contribution in [0.4, 0.5) is 0 Å². The van der Waals surface area contributed by atoms with Gasteiger partial charge in [-0.05, 0) is 19.9 Å². The van der Waals surface area contributed by atoms with Crippen LogP contribution < -0.4 is 4.74 Å². The van der Waals surface area contributed by atoms with E-state index in [1.807, 2.05) is 26.0 Å². The molecule has 0 bridgehead atoms. The highest BCUT2D eigenvalue weighted by Crippen LogP contribution is 2.20. The van der Waals surface area contributed by atoms with Gasteiger partial charge in [-0.25, -0.2) is 0 Å². The van der Waals surface area contributed by atoms with Crippen LogP contribution in [0.25, 0.3) is 0 Å². The van der Waals surface area contributed by atoms with Crippen LogP contribution in [-0.2, 0) is 11.3 Å². The number of hydrogen-bond acceptors (Lipinski definition) is 4. The third-order valence-corrected chi connectivity index (χ3v) is 2.33. The first kappa shape index (κ1) is 14.0. The predicted molar refractivity (Wildman–Crippen MR) is 65.1 cm³/mol. The van der Waals surface area contributed by atoms with Crippen molar-refractivity contribution in [2.24, 2.45) is 0 Å². The maximum absolute atomic E-state index is 9.55. The first-order valence-corrected chi connectivity index (χ1v) is 5.76. The first-order valence-electron chi connectivity index (χ1n) is 5.76. The Morgan fingerprint density at radius 2 is 2.06 bits per heavy atom. The van der Waals surface area contributed by atoms with Gasteiger partial charge in [0.25, 0.3) is 0 Å². The van der Waals surface area contributed by atoms with E-state index in [2.05, 4.69) is 0 Å². The summed E-state index contributed by atoms with van der Waals surface area (Å²) < 4.78 is 10.5. The number of aliphatic hydroxyl groups excluding tert-OH is 2. The second-order valence-corrected chi connectivity index (χ2v) is 3.89. The maximum atomic E-state index is 9.55. The molecule has 0 aliphatic carbocycles. The summed E-state index contributed by atoms with van der Waals surface area (Å²) in [5, 5.41) is 18.7. The minimum atomic E-state index is -0.650. The van der Waals surface area contributed by atoms with Gasteiger partial charge in [0.2, 0.25) is 0 Å². The van der Waals surface area contributed by atoms with Gasteiger partial charge in [-0.15, -0.1) is 0 Å². The molecule has 96 valence electrons. The zero-order valence-electron chi connectivity index (χ0n) is 10.3. The predicted octanol–water partition coefficient (Wildman–Crippen LogP) is 1.26. The Morgan fingerprint density at radius 3 is 2.71 bits per heavy atom. The topological polar surface area (TPSA) is 58.9 Å². The van der Waals surface area contributed by atoms with Crippen molar-refractivity contribution >= 4 is 0 Å². The summed E-state index contributed by atoms with van der Waals surface area (Å²) in [6, 6.07) is 5.57. The van der Waals surface area contributed by atoms with E-state index in [4.69, 9.17) is 9.47 Å². The number of aryl methyl sites for hydroxylation is 1. The molecule has 0 radical (unpaired) electrons. The van der Waals surface area contributed by atoms with Crippen LogP contribution in [0, 0.1) is 6.92 Å². The summed E-state index contributed by atoms with van der Waals surface area (Å²) in [6.45, 7) is 4.75. The number of aliphatic hydroxyl groups is 2. The van der Waals surface area contributed by atoms with Gasteiger partial charge in [-0.2, -0.15) is 0 Å². The van der Waals surface area contributed by atoms with E-state index in [0.717, 1.165) is 11.1 Å². The minimum Gasteiger partial charge on any atom is -0.490 e. The highest BCUT2D eigenvalue weighted by molar-refractivity contribution is 5.36. The molecule has 0 saturated heterocycles. The first-order chi connectivity index (χ1) is 8.17. The van der Waals surface area contributed by atoms with E-state index in [1.165, 1.54) is 0 Å². The molecule has 1 atom stereocenters. The van der Waals surface area contributed by atoms with E-state index in [0.29, 0.717) is 12.4 Å². The normalized spacial score (nSPS) is 12.5. The zero-order chi connectivity index (χ0) is 12.7. The number of hydrogen-bond donors (Lipinski definition) is 2. The Kier molecular flexibility index (Phi) is 5.97. The smallest absolute Gasteiger partial charge is 0.124 e. The lowest BCUT2D eigenvalue weighted by molar-refractivity contribution is 0.0160. The average Bonchev–Trinajstić information content (AvgIpc) is 2.34. The van der Waals surface area contributed by atoms with Crippen LogP contribution in [0.1, 0.15) is 18.1 Å². The highest BCUT2D eigenvalue weighted by atomic mass is 16.5. The van der Waals surface area contributed by atoms with Crippen LogP contribution in [0.5, 0.6) is 5.75 Å². The molecular weight excluding hydrogens is 220 g/mol. The van der Waals surface area contributed by atoms with Gasteiger partial charge < -0.3 is 19.7 Å². The molecule has 0 amide bonds. The van der Waals surface area contributed by atoms with Crippen molar-refractivity contribution < 1.29 is 19.7 Å². The van der Waals surface area contributed by atoms with Gasteiger partial charge in [0.15, 0.2) is 0 Å². The lowest BCUT2D eigenvalue weighted by Crippen LogP contribution is -2.23. The van der Waals surface area contributed by atoms with Crippen LogP contribution >= 0.6 is 0 Å². The summed E-state index contributed by atoms with van der Waals surface area (Å²) in [7, 11) is 0. The third-order valence-electron chi connectivity index (χ3n) is 2.33. The molecule has 4 heteroatoms. The summed E-state index contributed by atoms with van der Waals surface area (Å²) in [5.41, 5.74) is 1.80. The van der Waals surface area contributed by atoms with Crippen molar-refractivity contribution in [3.05, 3.63) is 29.3 Å². The fourth-order valence-electron chi connectivity index (χ4n) is 1.46. The molecule has 0 aliphatic rings. The van der Waals surface area contributed by atoms with E-state index in [-0.39, 0.29) is 19.8 Å². The standard InChI is InChI=1S/C13H20O4/c1-3-16-8-12(15)9-17-13-5-4-10(2)6-11(13)7-14/h4-6,12,14-15H,3,7-9H2,1-2H3. The SMILES string of the molecule is CCOCC(O)COc1ccc(C)cc1CO. The van der Waals surface area contributed by atoms with Crippen LogP contribution in [-0.4, -0.2) is 36.1 Å². The fraction of sp³-hybridized carbons (Fsp3) is 0.538. The summed E-state index contributed by atoms with van der Waals surface area (Å²) in [4.78, 5) is 0. The van der Waals surface area contributed by atoms with Crippen molar-refractivity contribution in [1.82, 2.24) is 0 Å². The molecule has 17 heavy (non-hydrogen) atoms. The van der Waals surface area contributed by atoms with Gasteiger partial charge in [0.05, 0.1) is 13.2 Å². The molecule has 1 aromatic rings. The molecule has 2 N–H and O–H groups in total. The van der Waals surface area contributed by atoms with Crippen molar-refractivity contribution in [2.45, 2.75) is 26.6 Å². The average molecular weight is 240 g/mol. The monoisotopic (exact) mass is 240 g/mol. The molecular formula is C13H20O4. The number of benzene rings is 1. The minimum absolute atomic E-state index is 0.0709. The quantitative estimate of drug-likeness (QED) is 0.753. The largest absolute Gasteiger partial charge is 0.490 e. The highest BCUT2D eigenvalue weighted by Gasteiger charge is 2.08. The van der Waals surface area contributed by atoms with Gasteiger partial charge in [-0.1, -0.05) is 17.7 Å². The van der Waals surface area contributed by atoms with E-state index in [9.17, 15) is 10.2 Å². The number of ether oxygens (including phenoxy) is 2. The van der Waals surface area contributed by atoms with Crippen LogP contribution in [0.3, 0.4) is 0 Å². The molecule has 0 fully saturated rings. The Balaban J connectivity index is 2.50. The van der Waals surface area contributed by atoms with Crippen molar-refractivity contribution in [1.29, 1.82) is 0 Å². The maximum Gasteiger partial charge on any atom is 0.124 e. The van der Waals surface area contributed by atoms with Crippen molar-refractivity contribution in [3.63, 3.8) is 0 Å². The summed E-state index contributed by atoms with van der Waals surface area (Å²) in [6.07, 6.45) is -0.650. The Bertz CT molecular complexity index is 338. The van der Waals surface area contributed by atoms with Crippen molar-refractivity contribution in [2.75, 3.05) is 19.8 Å². The second-order valence-electron chi connectivity index (χ2n) is 3.89. The van der Waals surface area contributed by atoms with Crippen LogP contribution in [0.15, 0.2) is 18.2 Å².